The number of halogens is 3. The minimum absolute atomic E-state index is 0.0169. The number of carbonyl (C=O) groups is 2. The zero-order chi connectivity index (χ0) is 26.0. The first kappa shape index (κ1) is 27.7. The van der Waals surface area contributed by atoms with Gasteiger partial charge in [-0.25, -0.2) is 9.59 Å². The molecule has 0 aliphatic carbocycles. The number of nitrogens with one attached hydrogen (secondary N) is 2. The molecule has 3 rings (SSSR count). The number of aliphatic carboxylic acids is 1. The standard InChI is InChI=1S/C23H30N4O.C2HF3O2/c1-26(2)22(24)21-10-8-20(9-11-21)17-25-23(28)27-14-12-19(13-15-27)16-18-6-4-3-5-7-18;3-2(4,5)1(6)7/h3-11,19,24H,12-17H2,1-2H3,(H,25,28);(H,6,7). The van der Waals surface area contributed by atoms with Crippen LogP contribution in [0.4, 0.5) is 18.0 Å². The number of carboxylic acid groups (broad SMARTS) is 1. The van der Waals surface area contributed by atoms with Crippen LogP contribution >= 0.6 is 0 Å². The van der Waals surface area contributed by atoms with Gasteiger partial charge in [0.2, 0.25) is 0 Å². The number of alkyl halides is 3. The molecular weight excluding hydrogens is 461 g/mol. The molecule has 0 atom stereocenters. The highest BCUT2D eigenvalue weighted by Gasteiger charge is 2.38. The molecule has 0 unspecified atom stereocenters. The Bertz CT molecular complexity index is 972. The Morgan fingerprint density at radius 3 is 2.06 bits per heavy atom. The van der Waals surface area contributed by atoms with Crippen molar-refractivity contribution in [2.24, 2.45) is 5.92 Å². The van der Waals surface area contributed by atoms with E-state index in [1.54, 1.807) is 4.90 Å². The Balaban J connectivity index is 0.000000540. The van der Waals surface area contributed by atoms with Crippen molar-refractivity contribution in [3.63, 3.8) is 0 Å². The largest absolute Gasteiger partial charge is 0.490 e. The van der Waals surface area contributed by atoms with E-state index >= 15 is 0 Å². The number of hydrogen-bond acceptors (Lipinski definition) is 3. The van der Waals surface area contributed by atoms with E-state index in [2.05, 4.69) is 35.6 Å². The molecule has 2 aromatic rings. The Morgan fingerprint density at radius 1 is 1.03 bits per heavy atom. The highest BCUT2D eigenvalue weighted by Crippen LogP contribution is 2.21. The molecule has 1 fully saturated rings. The molecule has 1 heterocycles. The molecule has 0 radical (unpaired) electrons. The van der Waals surface area contributed by atoms with Gasteiger partial charge in [-0.15, -0.1) is 0 Å². The first-order valence-corrected chi connectivity index (χ1v) is 11.2. The summed E-state index contributed by atoms with van der Waals surface area (Å²) in [5.74, 6) is -1.62. The van der Waals surface area contributed by atoms with Gasteiger partial charge in [-0.1, -0.05) is 54.6 Å². The Kier molecular flexibility index (Phi) is 10.1. The van der Waals surface area contributed by atoms with Gasteiger partial charge < -0.3 is 20.2 Å². The fourth-order valence-electron chi connectivity index (χ4n) is 3.62. The van der Waals surface area contributed by atoms with Crippen LogP contribution in [0.15, 0.2) is 54.6 Å². The number of amidine groups is 1. The lowest BCUT2D eigenvalue weighted by Gasteiger charge is -2.32. The van der Waals surface area contributed by atoms with Crippen molar-refractivity contribution >= 4 is 17.8 Å². The van der Waals surface area contributed by atoms with Gasteiger partial charge >= 0.3 is 18.2 Å². The fourth-order valence-corrected chi connectivity index (χ4v) is 3.62. The van der Waals surface area contributed by atoms with Crippen LogP contribution in [0, 0.1) is 11.3 Å². The van der Waals surface area contributed by atoms with E-state index in [-0.39, 0.29) is 6.03 Å². The van der Waals surface area contributed by atoms with E-state index < -0.39 is 12.1 Å². The minimum atomic E-state index is -5.08. The van der Waals surface area contributed by atoms with Crippen LogP contribution < -0.4 is 5.32 Å². The third-order valence-electron chi connectivity index (χ3n) is 5.63. The second-order valence-electron chi connectivity index (χ2n) is 8.52. The number of hydrogen-bond donors (Lipinski definition) is 3. The lowest BCUT2D eigenvalue weighted by atomic mass is 9.90. The number of piperidine rings is 1. The molecule has 0 bridgehead atoms. The minimum Gasteiger partial charge on any atom is -0.475 e. The number of benzene rings is 2. The summed E-state index contributed by atoms with van der Waals surface area (Å²) in [4.78, 5) is 25.1. The summed E-state index contributed by atoms with van der Waals surface area (Å²) in [6, 6.07) is 18.4. The van der Waals surface area contributed by atoms with Gasteiger partial charge in [-0.3, -0.25) is 5.41 Å². The van der Waals surface area contributed by atoms with E-state index in [1.807, 2.05) is 43.3 Å². The van der Waals surface area contributed by atoms with Gasteiger partial charge in [0.05, 0.1) is 0 Å². The topological polar surface area (TPSA) is 96.7 Å². The van der Waals surface area contributed by atoms with Gasteiger partial charge in [-0.2, -0.15) is 13.2 Å². The van der Waals surface area contributed by atoms with Crippen LogP contribution in [0.25, 0.3) is 0 Å². The van der Waals surface area contributed by atoms with Gasteiger partial charge in [0.15, 0.2) is 0 Å². The number of urea groups is 1. The van der Waals surface area contributed by atoms with Crippen molar-refractivity contribution in [3.8, 4) is 0 Å². The number of nitrogens with zero attached hydrogens (tertiary/aromatic N) is 2. The molecule has 10 heteroatoms. The second kappa shape index (κ2) is 12.8. The summed E-state index contributed by atoms with van der Waals surface area (Å²) in [5, 5.41) is 18.1. The maximum absolute atomic E-state index is 12.5. The number of rotatable bonds is 5. The number of carboxylic acids is 1. The summed E-state index contributed by atoms with van der Waals surface area (Å²) in [6.45, 7) is 2.16. The van der Waals surface area contributed by atoms with Crippen LogP contribution in [0.1, 0.15) is 29.5 Å². The second-order valence-corrected chi connectivity index (χ2v) is 8.52. The summed E-state index contributed by atoms with van der Waals surface area (Å²) < 4.78 is 31.7. The molecule has 1 saturated heterocycles. The van der Waals surface area contributed by atoms with Crippen molar-refractivity contribution in [2.45, 2.75) is 32.0 Å². The van der Waals surface area contributed by atoms with Crippen LogP contribution in [0.2, 0.25) is 0 Å². The molecule has 1 aliphatic heterocycles. The Labute approximate surface area is 203 Å². The Hall–Kier alpha value is -3.56. The third-order valence-corrected chi connectivity index (χ3v) is 5.63. The highest BCUT2D eigenvalue weighted by atomic mass is 19.4. The maximum Gasteiger partial charge on any atom is 0.490 e. The van der Waals surface area contributed by atoms with E-state index in [0.29, 0.717) is 18.3 Å². The smallest absolute Gasteiger partial charge is 0.475 e. The van der Waals surface area contributed by atoms with Crippen LogP contribution in [-0.2, 0) is 17.8 Å². The van der Waals surface area contributed by atoms with Crippen molar-refractivity contribution in [1.82, 2.24) is 15.1 Å². The summed E-state index contributed by atoms with van der Waals surface area (Å²) >= 11 is 0. The molecule has 0 saturated carbocycles. The summed E-state index contributed by atoms with van der Waals surface area (Å²) in [6.07, 6.45) is -1.86. The predicted molar refractivity (Wildman–Crippen MR) is 127 cm³/mol. The van der Waals surface area contributed by atoms with Crippen molar-refractivity contribution < 1.29 is 27.9 Å². The molecule has 2 aromatic carbocycles. The normalized spacial score (nSPS) is 13.9. The molecule has 0 spiro atoms. The van der Waals surface area contributed by atoms with Gasteiger partial charge in [0.25, 0.3) is 0 Å². The van der Waals surface area contributed by atoms with E-state index in [9.17, 15) is 18.0 Å². The van der Waals surface area contributed by atoms with Crippen LogP contribution in [-0.4, -0.2) is 66.1 Å². The first-order chi connectivity index (χ1) is 16.5. The molecule has 35 heavy (non-hydrogen) atoms. The SMILES string of the molecule is CN(C)C(=N)c1ccc(CNC(=O)N2CCC(Cc3ccccc3)CC2)cc1.O=C(O)C(F)(F)F. The predicted octanol–water partition coefficient (Wildman–Crippen LogP) is 4.37. The van der Waals surface area contributed by atoms with Crippen LogP contribution in [0.5, 0.6) is 0 Å². The number of carbonyl (C=O) groups excluding carboxylic acids is 1. The summed E-state index contributed by atoms with van der Waals surface area (Å²) in [7, 11) is 3.72. The average Bonchev–Trinajstić information content (AvgIpc) is 2.83. The quantitative estimate of drug-likeness (QED) is 0.427. The molecule has 7 nitrogen and oxygen atoms in total. The van der Waals surface area contributed by atoms with Gasteiger partial charge in [-0.05, 0) is 36.3 Å². The van der Waals surface area contributed by atoms with Crippen molar-refractivity contribution in [2.75, 3.05) is 27.2 Å². The van der Waals surface area contributed by atoms with Crippen molar-refractivity contribution in [3.05, 3.63) is 71.3 Å². The zero-order valence-corrected chi connectivity index (χ0v) is 19.8. The van der Waals surface area contributed by atoms with E-state index in [0.717, 1.165) is 43.5 Å². The first-order valence-electron chi connectivity index (χ1n) is 11.2. The molecule has 1 aliphatic rings. The maximum atomic E-state index is 12.5. The highest BCUT2D eigenvalue weighted by molar-refractivity contribution is 5.96. The fraction of sp³-hybridized carbons (Fsp3) is 0.400. The average molecular weight is 493 g/mol. The van der Waals surface area contributed by atoms with Gasteiger partial charge in [0, 0.05) is 39.3 Å². The lowest BCUT2D eigenvalue weighted by Crippen LogP contribution is -2.44. The van der Waals surface area contributed by atoms with E-state index in [1.165, 1.54) is 5.56 Å². The monoisotopic (exact) mass is 492 g/mol. The number of amides is 2. The number of likely N-dealkylation sites (tertiary alicyclic amines) is 1. The summed E-state index contributed by atoms with van der Waals surface area (Å²) in [5.41, 5.74) is 3.30. The molecule has 0 aromatic heterocycles. The molecule has 2 amide bonds. The van der Waals surface area contributed by atoms with Gasteiger partial charge in [0.1, 0.15) is 5.84 Å². The zero-order valence-electron chi connectivity index (χ0n) is 19.8. The molecule has 3 N–H and O–H groups in total. The Morgan fingerprint density at radius 2 is 1.57 bits per heavy atom. The van der Waals surface area contributed by atoms with Crippen LogP contribution in [0.3, 0.4) is 0 Å². The molecular formula is C25H31F3N4O3. The third kappa shape index (κ3) is 9.30. The molecule has 190 valence electrons. The lowest BCUT2D eigenvalue weighted by molar-refractivity contribution is -0.192. The van der Waals surface area contributed by atoms with E-state index in [4.69, 9.17) is 15.3 Å². The van der Waals surface area contributed by atoms with Crippen molar-refractivity contribution in [1.29, 1.82) is 5.41 Å².